The molecule has 3 saturated heterocycles. The summed E-state index contributed by atoms with van der Waals surface area (Å²) in [5.41, 5.74) is 3.66. The minimum absolute atomic E-state index is 0.402. The van der Waals surface area contributed by atoms with Crippen molar-refractivity contribution in [2.45, 2.75) is 18.9 Å². The Morgan fingerprint density at radius 1 is 1.04 bits per heavy atom. The lowest BCUT2D eigenvalue weighted by Crippen LogP contribution is -2.61. The number of nitrogens with one attached hydrogen (secondary N) is 1. The van der Waals surface area contributed by atoms with Crippen molar-refractivity contribution < 1.29 is 4.84 Å². The maximum absolute atomic E-state index is 6.57. The van der Waals surface area contributed by atoms with Crippen molar-refractivity contribution in [1.82, 2.24) is 14.9 Å². The Bertz CT molecular complexity index is 868. The summed E-state index contributed by atoms with van der Waals surface area (Å²) in [6.07, 6.45) is 11.8. The summed E-state index contributed by atoms with van der Waals surface area (Å²) >= 11 is 0. The second-order valence-corrected chi connectivity index (χ2v) is 8.51. The predicted octanol–water partition coefficient (Wildman–Crippen LogP) is 3.65. The fraction of sp³-hybridized carbons (Fsp3) is 0.455. The van der Waals surface area contributed by atoms with Gasteiger partial charge in [0.1, 0.15) is 0 Å². The van der Waals surface area contributed by atoms with E-state index in [0.717, 1.165) is 24.3 Å². The lowest BCUT2D eigenvalue weighted by Gasteiger charge is -2.55. The summed E-state index contributed by atoms with van der Waals surface area (Å²) in [7, 11) is 0. The van der Waals surface area contributed by atoms with Gasteiger partial charge in [-0.2, -0.15) is 0 Å². The van der Waals surface area contributed by atoms with E-state index in [1.54, 1.807) is 0 Å². The highest BCUT2D eigenvalue weighted by Crippen LogP contribution is 2.45. The maximum Gasteiger partial charge on any atom is 0.0937 e. The lowest BCUT2D eigenvalue weighted by molar-refractivity contribution is -0.236. The molecule has 7 rings (SSSR count). The number of rotatable bonds is 3. The van der Waals surface area contributed by atoms with Gasteiger partial charge in [-0.3, -0.25) is 9.90 Å². The zero-order valence-electron chi connectivity index (χ0n) is 15.0. The Hall–Kier alpha value is -2.04. The molecule has 4 aliphatic heterocycles. The normalized spacial score (nSPS) is 35.3. The molecule has 1 aromatic heterocycles. The summed E-state index contributed by atoms with van der Waals surface area (Å²) < 4.78 is 0. The number of H-pyrrole nitrogens is 1. The first-order valence-electron chi connectivity index (χ1n) is 9.93. The van der Waals surface area contributed by atoms with Crippen LogP contribution in [0.3, 0.4) is 0 Å². The molecule has 134 valence electrons. The van der Waals surface area contributed by atoms with Crippen molar-refractivity contribution in [1.29, 1.82) is 0 Å². The van der Waals surface area contributed by atoms with E-state index >= 15 is 0 Å². The molecule has 0 spiro atoms. The van der Waals surface area contributed by atoms with Gasteiger partial charge in [-0.1, -0.05) is 18.2 Å². The molecule has 5 heterocycles. The molecule has 4 heteroatoms. The zero-order chi connectivity index (χ0) is 17.1. The molecule has 2 atom stereocenters. The quantitative estimate of drug-likeness (QED) is 0.920. The number of hydrogen-bond acceptors (Lipinski definition) is 3. The van der Waals surface area contributed by atoms with Crippen molar-refractivity contribution in [2.75, 3.05) is 26.2 Å². The summed E-state index contributed by atoms with van der Waals surface area (Å²) in [6.45, 7) is 4.65. The van der Waals surface area contributed by atoms with Crippen molar-refractivity contribution >= 4 is 16.5 Å². The summed E-state index contributed by atoms with van der Waals surface area (Å²) in [5, 5.41) is 3.34. The standard InChI is InChI=1S/C22H25N3O/c1-2-18(16-3-4-21-17(10-16)5-6-23-21)14-25(7-1)26-22-19-8-15-9-20(22)13-24(11-15)12-19/h1-6,10,14-15,19-20,22-23H,7-9,11-13H2. The van der Waals surface area contributed by atoms with Crippen LogP contribution in [0.2, 0.25) is 0 Å². The van der Waals surface area contributed by atoms with E-state index in [-0.39, 0.29) is 0 Å². The lowest BCUT2D eigenvalue weighted by atomic mass is 9.66. The number of benzene rings is 1. The van der Waals surface area contributed by atoms with Gasteiger partial charge in [0.05, 0.1) is 12.6 Å². The van der Waals surface area contributed by atoms with Crippen LogP contribution in [0.25, 0.3) is 16.5 Å². The van der Waals surface area contributed by atoms with Crippen molar-refractivity contribution in [3.63, 3.8) is 0 Å². The predicted molar refractivity (Wildman–Crippen MR) is 103 cm³/mol. The second kappa shape index (κ2) is 5.73. The Morgan fingerprint density at radius 2 is 1.92 bits per heavy atom. The fourth-order valence-corrected chi connectivity index (χ4v) is 5.70. The molecule has 1 N–H and O–H groups in total. The smallest absolute Gasteiger partial charge is 0.0937 e. The van der Waals surface area contributed by atoms with Crippen molar-refractivity contribution in [2.24, 2.45) is 17.8 Å². The van der Waals surface area contributed by atoms with Gasteiger partial charge in [0, 0.05) is 49.4 Å². The van der Waals surface area contributed by atoms with Crippen molar-refractivity contribution in [3.05, 3.63) is 54.4 Å². The molecule has 4 bridgehead atoms. The first kappa shape index (κ1) is 15.1. The van der Waals surface area contributed by atoms with Crippen LogP contribution >= 0.6 is 0 Å². The molecule has 0 amide bonds. The molecule has 1 saturated carbocycles. The number of piperidine rings is 3. The molecule has 1 aromatic carbocycles. The molecule has 2 aromatic rings. The van der Waals surface area contributed by atoms with Crippen LogP contribution in [0.1, 0.15) is 18.4 Å². The number of fused-ring (bicyclic) bond motifs is 1. The van der Waals surface area contributed by atoms with Gasteiger partial charge in [-0.15, -0.1) is 0 Å². The molecule has 1 aliphatic carbocycles. The SMILES string of the molecule is C1=CC(c2ccc3[nH]ccc3c2)=CN(OC2C3CC4CC2CN(C4)C3)C1. The van der Waals surface area contributed by atoms with Gasteiger partial charge in [0.15, 0.2) is 0 Å². The number of hydroxylamine groups is 2. The Kier molecular flexibility index (Phi) is 3.32. The summed E-state index contributed by atoms with van der Waals surface area (Å²) in [5.74, 6) is 2.37. The zero-order valence-corrected chi connectivity index (χ0v) is 15.0. The number of aromatic amines is 1. The molecule has 4 nitrogen and oxygen atoms in total. The van der Waals surface area contributed by atoms with E-state index in [9.17, 15) is 0 Å². The fourth-order valence-electron chi connectivity index (χ4n) is 5.70. The molecular weight excluding hydrogens is 322 g/mol. The summed E-state index contributed by atoms with van der Waals surface area (Å²) in [4.78, 5) is 12.5. The van der Waals surface area contributed by atoms with E-state index in [1.165, 1.54) is 54.5 Å². The van der Waals surface area contributed by atoms with Gasteiger partial charge in [-0.25, -0.2) is 0 Å². The largest absolute Gasteiger partial charge is 0.361 e. The van der Waals surface area contributed by atoms with Crippen molar-refractivity contribution in [3.8, 4) is 0 Å². The number of nitrogens with zero attached hydrogens (tertiary/aromatic N) is 2. The van der Waals surface area contributed by atoms with Gasteiger partial charge in [0.2, 0.25) is 0 Å². The number of hydrogen-bond donors (Lipinski definition) is 1. The Balaban J connectivity index is 1.24. The summed E-state index contributed by atoms with van der Waals surface area (Å²) in [6, 6.07) is 8.73. The molecular formula is C22H25N3O. The van der Waals surface area contributed by atoms with Crippen LogP contribution in [-0.2, 0) is 4.84 Å². The maximum atomic E-state index is 6.57. The minimum Gasteiger partial charge on any atom is -0.361 e. The van der Waals surface area contributed by atoms with Crippen LogP contribution in [0.15, 0.2) is 48.8 Å². The third kappa shape index (κ3) is 2.43. The first-order chi connectivity index (χ1) is 12.8. The van der Waals surface area contributed by atoms with Crippen LogP contribution in [0.4, 0.5) is 0 Å². The first-order valence-corrected chi connectivity index (χ1v) is 9.93. The molecule has 5 aliphatic rings. The third-order valence-electron chi connectivity index (χ3n) is 6.71. The van der Waals surface area contributed by atoms with E-state index in [1.807, 2.05) is 6.20 Å². The molecule has 2 unspecified atom stereocenters. The average Bonchev–Trinajstić information content (AvgIpc) is 3.12. The molecule has 0 radical (unpaired) electrons. The van der Waals surface area contributed by atoms with E-state index in [0.29, 0.717) is 6.10 Å². The Labute approximate surface area is 154 Å². The highest BCUT2D eigenvalue weighted by atomic mass is 16.7. The van der Waals surface area contributed by atoms with Gasteiger partial charge >= 0.3 is 0 Å². The number of allylic oxidation sites excluding steroid dienone is 2. The van der Waals surface area contributed by atoms with E-state index in [2.05, 4.69) is 57.6 Å². The topological polar surface area (TPSA) is 31.5 Å². The molecule has 4 fully saturated rings. The highest BCUT2D eigenvalue weighted by molar-refractivity contribution is 5.86. The van der Waals surface area contributed by atoms with Gasteiger partial charge in [-0.05, 0) is 53.5 Å². The number of aromatic nitrogens is 1. The van der Waals surface area contributed by atoms with E-state index in [4.69, 9.17) is 4.84 Å². The van der Waals surface area contributed by atoms with E-state index < -0.39 is 0 Å². The monoisotopic (exact) mass is 347 g/mol. The van der Waals surface area contributed by atoms with Gasteiger partial charge < -0.3 is 9.88 Å². The Morgan fingerprint density at radius 3 is 2.77 bits per heavy atom. The molecule has 26 heavy (non-hydrogen) atoms. The average molecular weight is 347 g/mol. The van der Waals surface area contributed by atoms with Crippen LogP contribution in [0, 0.1) is 17.8 Å². The van der Waals surface area contributed by atoms with Crippen LogP contribution in [0.5, 0.6) is 0 Å². The third-order valence-corrected chi connectivity index (χ3v) is 6.71. The minimum atomic E-state index is 0.402. The highest BCUT2D eigenvalue weighted by Gasteiger charge is 2.48. The van der Waals surface area contributed by atoms with Crippen LogP contribution < -0.4 is 0 Å². The second-order valence-electron chi connectivity index (χ2n) is 8.51. The van der Waals surface area contributed by atoms with Gasteiger partial charge in [0.25, 0.3) is 0 Å². The van der Waals surface area contributed by atoms with Crippen LogP contribution in [-0.4, -0.2) is 47.2 Å².